The van der Waals surface area contributed by atoms with Crippen molar-refractivity contribution in [1.29, 1.82) is 0 Å². The van der Waals surface area contributed by atoms with E-state index in [4.69, 9.17) is 9.47 Å². The Kier molecular flexibility index (Phi) is 5.84. The number of alkyl carbamates (subject to hydrolysis) is 1. The third-order valence-corrected chi connectivity index (χ3v) is 4.59. The topological polar surface area (TPSA) is 89.6 Å². The number of carbonyl (C=O) groups is 2. The van der Waals surface area contributed by atoms with Gasteiger partial charge in [-0.2, -0.15) is 0 Å². The van der Waals surface area contributed by atoms with E-state index in [1.165, 1.54) is 14.2 Å². The minimum atomic E-state index is -0.846. The number of H-pyrrole nitrogens is 1. The largest absolute Gasteiger partial charge is 0.497 e. The number of nitrogens with one attached hydrogen (secondary N) is 2. The lowest BCUT2D eigenvalue weighted by atomic mass is 9.99. The number of aromatic nitrogens is 1. The molecule has 3 aromatic rings. The van der Waals surface area contributed by atoms with Crippen LogP contribution in [0.5, 0.6) is 5.75 Å². The Bertz CT molecular complexity index is 978. The van der Waals surface area contributed by atoms with Gasteiger partial charge >= 0.3 is 12.1 Å². The van der Waals surface area contributed by atoms with Crippen molar-refractivity contribution in [2.24, 2.45) is 0 Å². The summed E-state index contributed by atoms with van der Waals surface area (Å²) in [5.41, 5.74) is 3.90. The van der Waals surface area contributed by atoms with Crippen LogP contribution in [0, 0.1) is 0 Å². The summed E-state index contributed by atoms with van der Waals surface area (Å²) >= 11 is 0. The summed E-state index contributed by atoms with van der Waals surface area (Å²) in [4.78, 5) is 26.9. The molecule has 0 unspecified atom stereocenters. The van der Waals surface area contributed by atoms with E-state index in [-0.39, 0.29) is 6.42 Å². The Morgan fingerprint density at radius 2 is 1.79 bits per heavy atom. The van der Waals surface area contributed by atoms with Gasteiger partial charge in [0.25, 0.3) is 0 Å². The second kappa shape index (κ2) is 8.47. The minimum absolute atomic E-state index is 0.272. The molecule has 0 spiro atoms. The van der Waals surface area contributed by atoms with Crippen molar-refractivity contribution in [2.45, 2.75) is 12.5 Å². The van der Waals surface area contributed by atoms with E-state index in [9.17, 15) is 9.59 Å². The Hall–Kier alpha value is -3.48. The highest BCUT2D eigenvalue weighted by molar-refractivity contribution is 5.96. The van der Waals surface area contributed by atoms with Crippen molar-refractivity contribution in [2.75, 3.05) is 21.3 Å². The molecule has 28 heavy (non-hydrogen) atoms. The Morgan fingerprint density at radius 1 is 1.04 bits per heavy atom. The Labute approximate surface area is 162 Å². The third kappa shape index (κ3) is 3.93. The zero-order chi connectivity index (χ0) is 20.1. The summed E-state index contributed by atoms with van der Waals surface area (Å²) in [6.45, 7) is 0. The van der Waals surface area contributed by atoms with Crippen LogP contribution in [-0.4, -0.2) is 44.4 Å². The van der Waals surface area contributed by atoms with Crippen LogP contribution >= 0.6 is 0 Å². The van der Waals surface area contributed by atoms with Crippen molar-refractivity contribution < 1.29 is 23.8 Å². The highest BCUT2D eigenvalue weighted by Gasteiger charge is 2.24. The highest BCUT2D eigenvalue weighted by atomic mass is 16.5. The fourth-order valence-electron chi connectivity index (χ4n) is 3.15. The first-order valence-electron chi connectivity index (χ1n) is 8.73. The van der Waals surface area contributed by atoms with Gasteiger partial charge in [0.2, 0.25) is 0 Å². The molecule has 1 aromatic heterocycles. The molecule has 2 aromatic carbocycles. The molecule has 7 nitrogen and oxygen atoms in total. The molecule has 0 saturated carbocycles. The van der Waals surface area contributed by atoms with E-state index < -0.39 is 18.1 Å². The van der Waals surface area contributed by atoms with Gasteiger partial charge in [0.15, 0.2) is 0 Å². The lowest BCUT2D eigenvalue weighted by molar-refractivity contribution is -0.142. The zero-order valence-corrected chi connectivity index (χ0v) is 15.9. The Morgan fingerprint density at radius 3 is 2.43 bits per heavy atom. The molecule has 0 aliphatic carbocycles. The average molecular weight is 382 g/mol. The van der Waals surface area contributed by atoms with E-state index in [2.05, 4.69) is 15.0 Å². The maximum atomic E-state index is 12.1. The molecule has 0 fully saturated rings. The SMILES string of the molecule is COC(=O)N[C@@H](Cc1c[nH]c2c(-c3ccc(OC)cc3)cccc12)C(=O)OC. The van der Waals surface area contributed by atoms with Crippen LogP contribution in [0.2, 0.25) is 0 Å². The number of benzene rings is 2. The highest BCUT2D eigenvalue weighted by Crippen LogP contribution is 2.31. The maximum absolute atomic E-state index is 12.1. The molecule has 1 heterocycles. The molecule has 0 radical (unpaired) electrons. The molecular weight excluding hydrogens is 360 g/mol. The minimum Gasteiger partial charge on any atom is -0.497 e. The smallest absolute Gasteiger partial charge is 0.407 e. The number of ether oxygens (including phenoxy) is 3. The Balaban J connectivity index is 1.94. The number of hydrogen-bond donors (Lipinski definition) is 2. The molecule has 1 amide bonds. The molecule has 3 rings (SSSR count). The molecular formula is C21H22N2O5. The van der Waals surface area contributed by atoms with E-state index in [1.807, 2.05) is 48.7 Å². The van der Waals surface area contributed by atoms with Crippen molar-refractivity contribution in [3.05, 3.63) is 54.2 Å². The van der Waals surface area contributed by atoms with E-state index in [0.29, 0.717) is 0 Å². The number of fused-ring (bicyclic) bond motifs is 1. The molecule has 0 bridgehead atoms. The van der Waals surface area contributed by atoms with Crippen LogP contribution in [0.3, 0.4) is 0 Å². The summed E-state index contributed by atoms with van der Waals surface area (Å²) in [6, 6.07) is 12.9. The van der Waals surface area contributed by atoms with Crippen molar-refractivity contribution in [3.8, 4) is 16.9 Å². The van der Waals surface area contributed by atoms with Crippen LogP contribution in [0.1, 0.15) is 5.56 Å². The molecule has 2 N–H and O–H groups in total. The van der Waals surface area contributed by atoms with Gasteiger partial charge in [-0.05, 0) is 23.3 Å². The van der Waals surface area contributed by atoms with Gasteiger partial charge in [0.05, 0.1) is 26.8 Å². The number of aromatic amines is 1. The van der Waals surface area contributed by atoms with Crippen LogP contribution in [0.25, 0.3) is 22.0 Å². The number of amides is 1. The predicted molar refractivity (Wildman–Crippen MR) is 105 cm³/mol. The first-order chi connectivity index (χ1) is 13.6. The summed E-state index contributed by atoms with van der Waals surface area (Å²) in [5, 5.41) is 3.48. The van der Waals surface area contributed by atoms with E-state index in [1.54, 1.807) is 7.11 Å². The number of hydrogen-bond acceptors (Lipinski definition) is 5. The number of para-hydroxylation sites is 1. The molecule has 7 heteroatoms. The summed E-state index contributed by atoms with van der Waals surface area (Å²) in [6.07, 6.45) is 1.43. The average Bonchev–Trinajstić information content (AvgIpc) is 3.15. The predicted octanol–water partition coefficient (Wildman–Crippen LogP) is 3.28. The quantitative estimate of drug-likeness (QED) is 0.639. The third-order valence-electron chi connectivity index (χ3n) is 4.59. The standard InChI is InChI=1S/C21H22N2O5/c1-26-15-9-7-13(8-10-15)16-5-4-6-17-14(12-22-19(16)17)11-18(20(24)27-2)23-21(25)28-3/h4-10,12,18,22H,11H2,1-3H3,(H,23,25)/t18-/m0/s1. The van der Waals surface area contributed by atoms with Gasteiger partial charge < -0.3 is 24.5 Å². The van der Waals surface area contributed by atoms with Crippen molar-refractivity contribution >= 4 is 23.0 Å². The molecule has 0 aliphatic rings. The van der Waals surface area contributed by atoms with Crippen LogP contribution in [0.15, 0.2) is 48.7 Å². The fourth-order valence-corrected chi connectivity index (χ4v) is 3.15. The number of rotatable bonds is 6. The second-order valence-electron chi connectivity index (χ2n) is 6.19. The van der Waals surface area contributed by atoms with Gasteiger partial charge in [0, 0.05) is 23.6 Å². The maximum Gasteiger partial charge on any atom is 0.407 e. The fraction of sp³-hybridized carbons (Fsp3) is 0.238. The molecule has 0 aliphatic heterocycles. The number of esters is 1. The first kappa shape index (κ1) is 19.3. The lowest BCUT2D eigenvalue weighted by Gasteiger charge is -2.15. The number of carbonyl (C=O) groups excluding carboxylic acids is 2. The summed E-state index contributed by atoms with van der Waals surface area (Å²) < 4.78 is 14.6. The van der Waals surface area contributed by atoms with Crippen molar-refractivity contribution in [1.82, 2.24) is 10.3 Å². The van der Waals surface area contributed by atoms with Crippen LogP contribution < -0.4 is 10.1 Å². The van der Waals surface area contributed by atoms with Gasteiger partial charge in [-0.3, -0.25) is 0 Å². The normalized spacial score (nSPS) is 11.7. The summed E-state index contributed by atoms with van der Waals surface area (Å²) in [5.74, 6) is 0.254. The zero-order valence-electron chi connectivity index (χ0n) is 15.9. The van der Waals surface area contributed by atoms with Gasteiger partial charge in [-0.25, -0.2) is 9.59 Å². The molecule has 146 valence electrons. The van der Waals surface area contributed by atoms with E-state index in [0.717, 1.165) is 33.3 Å². The first-order valence-corrected chi connectivity index (χ1v) is 8.73. The van der Waals surface area contributed by atoms with Gasteiger partial charge in [-0.1, -0.05) is 30.3 Å². The van der Waals surface area contributed by atoms with Crippen LogP contribution in [-0.2, 0) is 20.7 Å². The second-order valence-corrected chi connectivity index (χ2v) is 6.19. The monoisotopic (exact) mass is 382 g/mol. The lowest BCUT2D eigenvalue weighted by Crippen LogP contribution is -2.42. The van der Waals surface area contributed by atoms with Gasteiger partial charge in [0.1, 0.15) is 11.8 Å². The molecule has 0 saturated heterocycles. The van der Waals surface area contributed by atoms with Crippen LogP contribution in [0.4, 0.5) is 4.79 Å². The number of methoxy groups -OCH3 is 3. The summed E-state index contributed by atoms with van der Waals surface area (Å²) in [7, 11) is 4.16. The van der Waals surface area contributed by atoms with Crippen molar-refractivity contribution in [3.63, 3.8) is 0 Å². The molecule has 1 atom stereocenters. The van der Waals surface area contributed by atoms with Gasteiger partial charge in [-0.15, -0.1) is 0 Å². The van der Waals surface area contributed by atoms with E-state index >= 15 is 0 Å².